The van der Waals surface area contributed by atoms with Crippen LogP contribution in [0.2, 0.25) is 0 Å². The highest BCUT2D eigenvalue weighted by atomic mass is 16.4. The largest absolute Gasteiger partial charge is 0.478 e. The van der Waals surface area contributed by atoms with E-state index >= 15 is 0 Å². The first-order valence-corrected chi connectivity index (χ1v) is 8.03. The molecule has 0 unspecified atom stereocenters. The van der Waals surface area contributed by atoms with E-state index in [0.29, 0.717) is 23.4 Å². The number of benzene rings is 1. The summed E-state index contributed by atoms with van der Waals surface area (Å²) >= 11 is 0. The first-order valence-electron chi connectivity index (χ1n) is 8.03. The summed E-state index contributed by atoms with van der Waals surface area (Å²) in [6, 6.07) is 6.57. The smallest absolute Gasteiger partial charge is 0.337 e. The van der Waals surface area contributed by atoms with Crippen molar-refractivity contribution < 1.29 is 14.7 Å². The SMILES string of the molecule is CC(C)[C@@H]1CC[C@@H](C)C[C@H]1C(=O)Nc1ccccc1C(=O)O. The zero-order valence-electron chi connectivity index (χ0n) is 13.5. The van der Waals surface area contributed by atoms with Crippen LogP contribution in [0.15, 0.2) is 24.3 Å². The zero-order valence-corrected chi connectivity index (χ0v) is 13.5. The van der Waals surface area contributed by atoms with Crippen LogP contribution in [0.1, 0.15) is 50.4 Å². The van der Waals surface area contributed by atoms with E-state index in [9.17, 15) is 14.7 Å². The Hall–Kier alpha value is -1.84. The van der Waals surface area contributed by atoms with Gasteiger partial charge in [-0.25, -0.2) is 4.79 Å². The van der Waals surface area contributed by atoms with Gasteiger partial charge >= 0.3 is 5.97 Å². The lowest BCUT2D eigenvalue weighted by Gasteiger charge is -2.36. The van der Waals surface area contributed by atoms with Crippen molar-refractivity contribution in [2.45, 2.75) is 40.0 Å². The van der Waals surface area contributed by atoms with Gasteiger partial charge in [-0.15, -0.1) is 0 Å². The van der Waals surface area contributed by atoms with Crippen molar-refractivity contribution in [1.82, 2.24) is 0 Å². The van der Waals surface area contributed by atoms with E-state index in [0.717, 1.165) is 12.8 Å². The van der Waals surface area contributed by atoms with Gasteiger partial charge in [0.05, 0.1) is 11.3 Å². The lowest BCUT2D eigenvalue weighted by Crippen LogP contribution is -2.36. The molecule has 0 aliphatic heterocycles. The topological polar surface area (TPSA) is 66.4 Å². The minimum Gasteiger partial charge on any atom is -0.478 e. The van der Waals surface area contributed by atoms with Crippen molar-refractivity contribution in [3.8, 4) is 0 Å². The van der Waals surface area contributed by atoms with Crippen molar-refractivity contribution in [3.63, 3.8) is 0 Å². The molecule has 1 aliphatic rings. The van der Waals surface area contributed by atoms with Crippen LogP contribution in [-0.2, 0) is 4.79 Å². The number of rotatable bonds is 4. The van der Waals surface area contributed by atoms with Gasteiger partial charge in [0.15, 0.2) is 0 Å². The summed E-state index contributed by atoms with van der Waals surface area (Å²) < 4.78 is 0. The third kappa shape index (κ3) is 3.67. The third-order valence-electron chi connectivity index (χ3n) is 4.77. The average Bonchev–Trinajstić information content (AvgIpc) is 2.47. The van der Waals surface area contributed by atoms with Crippen LogP contribution < -0.4 is 5.32 Å². The van der Waals surface area contributed by atoms with Gasteiger partial charge in [0.2, 0.25) is 5.91 Å². The number of carbonyl (C=O) groups excluding carboxylic acids is 1. The van der Waals surface area contributed by atoms with E-state index in [1.807, 2.05) is 0 Å². The lowest BCUT2D eigenvalue weighted by atomic mass is 9.70. The Balaban J connectivity index is 2.18. The second-order valence-electron chi connectivity index (χ2n) is 6.77. The Bertz CT molecular complexity index is 553. The van der Waals surface area contributed by atoms with E-state index in [1.54, 1.807) is 18.2 Å². The fourth-order valence-electron chi connectivity index (χ4n) is 3.51. The Morgan fingerprint density at radius 2 is 1.91 bits per heavy atom. The normalized spacial score (nSPS) is 25.0. The van der Waals surface area contributed by atoms with Crippen molar-refractivity contribution in [2.24, 2.45) is 23.7 Å². The molecular weight excluding hydrogens is 278 g/mol. The first kappa shape index (κ1) is 16.5. The van der Waals surface area contributed by atoms with Crippen molar-refractivity contribution in [3.05, 3.63) is 29.8 Å². The van der Waals surface area contributed by atoms with Crippen molar-refractivity contribution in [2.75, 3.05) is 5.32 Å². The Labute approximate surface area is 131 Å². The molecule has 0 bridgehead atoms. The number of amides is 1. The minimum absolute atomic E-state index is 0.0365. The van der Waals surface area contributed by atoms with Crippen LogP contribution in [-0.4, -0.2) is 17.0 Å². The fourth-order valence-corrected chi connectivity index (χ4v) is 3.51. The maximum atomic E-state index is 12.7. The molecule has 1 aromatic carbocycles. The molecule has 1 fully saturated rings. The number of carbonyl (C=O) groups is 2. The number of anilines is 1. The fraction of sp³-hybridized carbons (Fsp3) is 0.556. The molecule has 0 spiro atoms. The molecular formula is C18H25NO3. The van der Waals surface area contributed by atoms with Crippen LogP contribution in [0, 0.1) is 23.7 Å². The lowest BCUT2D eigenvalue weighted by molar-refractivity contribution is -0.123. The number of carboxylic acids is 1. The predicted molar refractivity (Wildman–Crippen MR) is 86.9 cm³/mol. The van der Waals surface area contributed by atoms with Crippen molar-refractivity contribution in [1.29, 1.82) is 0 Å². The molecule has 4 nitrogen and oxygen atoms in total. The van der Waals surface area contributed by atoms with Gasteiger partial charge in [0, 0.05) is 5.92 Å². The predicted octanol–water partition coefficient (Wildman–Crippen LogP) is 4.03. The average molecular weight is 303 g/mol. The maximum absolute atomic E-state index is 12.7. The van der Waals surface area contributed by atoms with Crippen LogP contribution in [0.5, 0.6) is 0 Å². The van der Waals surface area contributed by atoms with Gasteiger partial charge in [0.25, 0.3) is 0 Å². The molecule has 0 heterocycles. The molecule has 1 aliphatic carbocycles. The molecule has 1 amide bonds. The summed E-state index contributed by atoms with van der Waals surface area (Å²) in [5.74, 6) is 0.268. The highest BCUT2D eigenvalue weighted by Crippen LogP contribution is 2.38. The Kier molecular flexibility index (Phi) is 5.22. The van der Waals surface area contributed by atoms with Crippen molar-refractivity contribution >= 4 is 17.6 Å². The second-order valence-corrected chi connectivity index (χ2v) is 6.77. The molecule has 2 rings (SSSR count). The van der Waals surface area contributed by atoms with Gasteiger partial charge in [-0.05, 0) is 42.7 Å². The zero-order chi connectivity index (χ0) is 16.3. The number of hydrogen-bond donors (Lipinski definition) is 2. The maximum Gasteiger partial charge on any atom is 0.337 e. The van der Waals surface area contributed by atoms with E-state index in [4.69, 9.17) is 0 Å². The molecule has 0 radical (unpaired) electrons. The number of aromatic carboxylic acids is 1. The van der Waals surface area contributed by atoms with Crippen LogP contribution in [0.3, 0.4) is 0 Å². The molecule has 2 N–H and O–H groups in total. The quantitative estimate of drug-likeness (QED) is 0.882. The Morgan fingerprint density at radius 3 is 2.55 bits per heavy atom. The van der Waals surface area contributed by atoms with Crippen LogP contribution >= 0.6 is 0 Å². The molecule has 0 aromatic heterocycles. The summed E-state index contributed by atoms with van der Waals surface area (Å²) in [4.78, 5) is 24.0. The number of para-hydroxylation sites is 1. The van der Waals surface area contributed by atoms with Gasteiger partial charge in [0.1, 0.15) is 0 Å². The Morgan fingerprint density at radius 1 is 1.23 bits per heavy atom. The van der Waals surface area contributed by atoms with E-state index in [2.05, 4.69) is 26.1 Å². The number of hydrogen-bond acceptors (Lipinski definition) is 2. The van der Waals surface area contributed by atoms with Gasteiger partial charge < -0.3 is 10.4 Å². The summed E-state index contributed by atoms with van der Waals surface area (Å²) in [6.45, 7) is 6.50. The molecule has 120 valence electrons. The number of nitrogens with one attached hydrogen (secondary N) is 1. The molecule has 1 saturated carbocycles. The van der Waals surface area contributed by atoms with E-state index in [1.165, 1.54) is 12.5 Å². The van der Waals surface area contributed by atoms with E-state index in [-0.39, 0.29) is 17.4 Å². The molecule has 4 heteroatoms. The molecule has 1 aromatic rings. The number of carboxylic acid groups (broad SMARTS) is 1. The van der Waals surface area contributed by atoms with Crippen LogP contribution in [0.4, 0.5) is 5.69 Å². The van der Waals surface area contributed by atoms with Gasteiger partial charge in [-0.2, -0.15) is 0 Å². The summed E-state index contributed by atoms with van der Waals surface area (Å²) in [5.41, 5.74) is 0.529. The highest BCUT2D eigenvalue weighted by molar-refractivity contribution is 6.01. The van der Waals surface area contributed by atoms with E-state index < -0.39 is 5.97 Å². The monoisotopic (exact) mass is 303 g/mol. The summed E-state index contributed by atoms with van der Waals surface area (Å²) in [6.07, 6.45) is 3.11. The summed E-state index contributed by atoms with van der Waals surface area (Å²) in [5, 5.41) is 12.1. The molecule has 0 saturated heterocycles. The minimum atomic E-state index is -1.02. The van der Waals surface area contributed by atoms with Crippen LogP contribution in [0.25, 0.3) is 0 Å². The molecule has 22 heavy (non-hydrogen) atoms. The molecule has 3 atom stereocenters. The third-order valence-corrected chi connectivity index (χ3v) is 4.77. The second kappa shape index (κ2) is 6.95. The standard InChI is InChI=1S/C18H25NO3/c1-11(2)13-9-8-12(3)10-15(13)17(20)19-16-7-5-4-6-14(16)18(21)22/h4-7,11-13,15H,8-10H2,1-3H3,(H,19,20)(H,21,22)/t12-,13+,15-/m1/s1. The van der Waals surface area contributed by atoms with Gasteiger partial charge in [-0.1, -0.05) is 39.3 Å². The summed E-state index contributed by atoms with van der Waals surface area (Å²) in [7, 11) is 0. The highest BCUT2D eigenvalue weighted by Gasteiger charge is 2.35. The first-order chi connectivity index (χ1) is 10.4. The van der Waals surface area contributed by atoms with Gasteiger partial charge in [-0.3, -0.25) is 4.79 Å².